The minimum atomic E-state index is -1.52. The predicted octanol–water partition coefficient (Wildman–Crippen LogP) is 13.3. The van der Waals surface area contributed by atoms with Gasteiger partial charge in [0.25, 0.3) is 0 Å². The maximum Gasteiger partial charge on any atom is 0.214 e. The van der Waals surface area contributed by atoms with E-state index in [0.717, 1.165) is 19.3 Å². The fourth-order valence-electron chi connectivity index (χ4n) is 13.6. The number of fused-ring (bicyclic) bond motifs is 6. The number of hydrogen-bond acceptors (Lipinski definition) is 1. The summed E-state index contributed by atoms with van der Waals surface area (Å²) < 4.78 is 5.79. The fraction of sp³-hybridized carbons (Fsp3) is 0.585. The molecule has 4 aliphatic heterocycles. The second-order valence-corrected chi connectivity index (χ2v) is 28.2. The second kappa shape index (κ2) is 14.2. The van der Waals surface area contributed by atoms with E-state index in [1.165, 1.54) is 43.4 Å². The first-order valence-electron chi connectivity index (χ1n) is 23.1. The van der Waals surface area contributed by atoms with E-state index in [1.807, 2.05) is 0 Å². The van der Waals surface area contributed by atoms with Gasteiger partial charge in [-0.3, -0.25) is 0 Å². The summed E-state index contributed by atoms with van der Waals surface area (Å²) >= 11 is 2.24. The van der Waals surface area contributed by atoms with Gasteiger partial charge in [-0.1, -0.05) is 124 Å². The molecule has 0 saturated heterocycles. The van der Waals surface area contributed by atoms with Crippen LogP contribution in [0.5, 0.6) is 0 Å². The average Bonchev–Trinajstić information content (AvgIpc) is 3.70. The van der Waals surface area contributed by atoms with Crippen molar-refractivity contribution in [3.05, 3.63) is 116 Å². The van der Waals surface area contributed by atoms with Crippen molar-refractivity contribution in [1.82, 2.24) is 0 Å². The molecule has 4 heteroatoms. The van der Waals surface area contributed by atoms with Crippen molar-refractivity contribution in [3.8, 4) is 0 Å². The van der Waals surface area contributed by atoms with E-state index in [9.17, 15) is 0 Å². The molecule has 1 aromatic heterocycles. The molecule has 0 saturated carbocycles. The van der Waals surface area contributed by atoms with Gasteiger partial charge in [-0.15, -0.1) is 11.8 Å². The van der Waals surface area contributed by atoms with Crippen molar-refractivity contribution in [3.63, 3.8) is 0 Å². The summed E-state index contributed by atoms with van der Waals surface area (Å²) in [5, 5.41) is 2.29. The molecule has 5 heterocycles. The SMILES string of the molecule is CCC1[N+]2=C(CC(C)C([Si](C)(C)C)=C2)C2=C(C=CCC2)C1(C(C)C)C1C2=C(C3=C(C(C)C2)C2C(C=CC(C4=CCCC=C4)C2C)S3)c2cc(CC(C)(C)C)cc[n+]21. The van der Waals surface area contributed by atoms with Crippen molar-refractivity contribution in [2.24, 2.45) is 46.3 Å². The summed E-state index contributed by atoms with van der Waals surface area (Å²) in [7, 11) is -1.52. The summed E-state index contributed by atoms with van der Waals surface area (Å²) in [6.07, 6.45) is 32.4. The standard InChI is InChI=1S/C53H72N2SSi/c1-13-46-53(32(2)3,41-22-18-17-21-39(41)42-28-33(4)45(31-55(42)46)57(10,11)12)51-40-27-34(5)47-48-35(6)38(37-19-15-14-16-20-37)23-24-44(48)56-50(47)49(40)43-29-36(25-26-54(43)51)30-52(7,8)9/h15,18-20,22-26,29,31-35,38,44,46,48,51H,13-14,16-17,21,27-28,30H2,1-12H3/q+2. The maximum atomic E-state index is 2.93. The lowest BCUT2D eigenvalue weighted by Gasteiger charge is -2.49. The molecule has 0 spiro atoms. The molecule has 1 aromatic rings. The molecule has 9 atom stereocenters. The van der Waals surface area contributed by atoms with Gasteiger partial charge in [-0.25, -0.2) is 0 Å². The summed E-state index contributed by atoms with van der Waals surface area (Å²) in [6.45, 7) is 30.4. The Balaban J connectivity index is 1.28. The Bertz CT molecular complexity index is 2170. The van der Waals surface area contributed by atoms with Crippen molar-refractivity contribution < 1.29 is 9.14 Å². The van der Waals surface area contributed by atoms with Crippen LogP contribution in [0.3, 0.4) is 0 Å². The maximum absolute atomic E-state index is 2.93. The minimum Gasteiger partial charge on any atom is -0.199 e. The van der Waals surface area contributed by atoms with Crippen LogP contribution in [0, 0.1) is 46.3 Å². The molecule has 4 aliphatic carbocycles. The van der Waals surface area contributed by atoms with Crippen LogP contribution >= 0.6 is 11.8 Å². The van der Waals surface area contributed by atoms with Crippen LogP contribution in [-0.4, -0.2) is 29.7 Å². The molecule has 0 fully saturated rings. The van der Waals surface area contributed by atoms with Crippen LogP contribution in [0.15, 0.2) is 105 Å². The highest BCUT2D eigenvalue weighted by molar-refractivity contribution is 8.04. The van der Waals surface area contributed by atoms with Crippen LogP contribution in [0.25, 0.3) is 5.57 Å². The number of hydrogen-bond donors (Lipinski definition) is 0. The van der Waals surface area contributed by atoms with Gasteiger partial charge in [0.05, 0.1) is 13.6 Å². The number of pyridine rings is 1. The van der Waals surface area contributed by atoms with E-state index in [2.05, 4.69) is 170 Å². The van der Waals surface area contributed by atoms with Gasteiger partial charge < -0.3 is 0 Å². The summed E-state index contributed by atoms with van der Waals surface area (Å²) in [5.74, 6) is 3.33. The first-order valence-corrected chi connectivity index (χ1v) is 27.4. The van der Waals surface area contributed by atoms with E-state index in [4.69, 9.17) is 0 Å². The number of allylic oxidation sites excluding steroid dienone is 12. The molecule has 9 unspecified atom stereocenters. The van der Waals surface area contributed by atoms with Crippen LogP contribution in [-0.2, 0) is 6.42 Å². The molecule has 8 aliphatic rings. The Kier molecular flexibility index (Phi) is 9.91. The zero-order valence-electron chi connectivity index (χ0n) is 37.5. The van der Waals surface area contributed by atoms with Gasteiger partial charge in [0.15, 0.2) is 30.2 Å². The molecule has 9 rings (SSSR count). The summed E-state index contributed by atoms with van der Waals surface area (Å²) in [5.41, 5.74) is 14.9. The number of rotatable bonds is 6. The summed E-state index contributed by atoms with van der Waals surface area (Å²) in [4.78, 5) is 1.66. The first-order chi connectivity index (χ1) is 27.1. The van der Waals surface area contributed by atoms with Crippen molar-refractivity contribution in [2.75, 3.05) is 0 Å². The van der Waals surface area contributed by atoms with E-state index < -0.39 is 8.07 Å². The number of nitrogens with zero attached hydrogens (tertiary/aromatic N) is 2. The van der Waals surface area contributed by atoms with Crippen LogP contribution in [0.1, 0.15) is 125 Å². The highest BCUT2D eigenvalue weighted by atomic mass is 32.2. The van der Waals surface area contributed by atoms with Gasteiger partial charge in [0.1, 0.15) is 5.41 Å². The van der Waals surface area contributed by atoms with Crippen molar-refractivity contribution >= 4 is 31.1 Å². The molecular weight excluding hydrogens is 725 g/mol. The third kappa shape index (κ3) is 6.13. The zero-order valence-corrected chi connectivity index (χ0v) is 39.3. The summed E-state index contributed by atoms with van der Waals surface area (Å²) in [6, 6.07) is 5.85. The van der Waals surface area contributed by atoms with E-state index in [0.29, 0.717) is 46.8 Å². The highest BCUT2D eigenvalue weighted by Crippen LogP contribution is 2.66. The Morgan fingerprint density at radius 2 is 1.74 bits per heavy atom. The molecule has 302 valence electrons. The molecular formula is C53H72N2SSi+2. The van der Waals surface area contributed by atoms with Crippen LogP contribution < -0.4 is 4.57 Å². The predicted molar refractivity (Wildman–Crippen MR) is 247 cm³/mol. The van der Waals surface area contributed by atoms with Gasteiger partial charge >= 0.3 is 0 Å². The fourth-order valence-corrected chi connectivity index (χ4v) is 17.6. The third-order valence-electron chi connectivity index (χ3n) is 15.7. The van der Waals surface area contributed by atoms with Gasteiger partial charge in [-0.2, -0.15) is 9.14 Å². The minimum absolute atomic E-state index is 0.0694. The Morgan fingerprint density at radius 3 is 2.42 bits per heavy atom. The largest absolute Gasteiger partial charge is 0.214 e. The Labute approximate surface area is 351 Å². The Hall–Kier alpha value is -2.69. The molecule has 0 amide bonds. The monoisotopic (exact) mass is 797 g/mol. The number of aromatic nitrogens is 1. The van der Waals surface area contributed by atoms with E-state index >= 15 is 0 Å². The topological polar surface area (TPSA) is 6.89 Å². The van der Waals surface area contributed by atoms with Crippen LogP contribution in [0.2, 0.25) is 19.6 Å². The van der Waals surface area contributed by atoms with Crippen molar-refractivity contribution in [1.29, 1.82) is 0 Å². The molecule has 57 heavy (non-hydrogen) atoms. The van der Waals surface area contributed by atoms with Crippen molar-refractivity contribution in [2.45, 2.75) is 151 Å². The second-order valence-electron chi connectivity index (χ2n) is 22.0. The molecule has 2 nitrogen and oxygen atoms in total. The number of thioether (sulfide) groups is 1. The van der Waals surface area contributed by atoms with Crippen LogP contribution in [0.4, 0.5) is 0 Å². The molecule has 0 aromatic carbocycles. The molecule has 0 radical (unpaired) electrons. The first kappa shape index (κ1) is 39.8. The average molecular weight is 797 g/mol. The highest BCUT2D eigenvalue weighted by Gasteiger charge is 2.67. The molecule has 0 bridgehead atoms. The lowest BCUT2D eigenvalue weighted by Crippen LogP contribution is -2.62. The third-order valence-corrected chi connectivity index (χ3v) is 19.4. The Morgan fingerprint density at radius 1 is 0.965 bits per heavy atom. The normalized spacial score (nSPS) is 34.6. The zero-order chi connectivity index (χ0) is 40.3. The lowest BCUT2D eigenvalue weighted by molar-refractivity contribution is -0.733. The van der Waals surface area contributed by atoms with E-state index in [1.54, 1.807) is 49.3 Å². The molecule has 0 N–H and O–H groups in total. The quantitative estimate of drug-likeness (QED) is 0.158. The smallest absolute Gasteiger partial charge is 0.199 e. The van der Waals surface area contributed by atoms with Gasteiger partial charge in [0.2, 0.25) is 5.69 Å². The lowest BCUT2D eigenvalue weighted by atomic mass is 9.54. The van der Waals surface area contributed by atoms with Gasteiger partial charge in [0, 0.05) is 58.1 Å². The van der Waals surface area contributed by atoms with Gasteiger partial charge in [-0.05, 0) is 95.1 Å². The van der Waals surface area contributed by atoms with E-state index in [-0.39, 0.29) is 16.9 Å².